The molecule has 0 bridgehead atoms. The number of rotatable bonds is 8. The Morgan fingerprint density at radius 1 is 1.00 bits per heavy atom. The fraction of sp³-hybridized carbons (Fsp3) is 0.238. The first-order valence-corrected chi connectivity index (χ1v) is 8.91. The van der Waals surface area contributed by atoms with Crippen LogP contribution in [0.4, 0.5) is 11.4 Å². The number of hydrogen-bond acceptors (Lipinski definition) is 6. The van der Waals surface area contributed by atoms with Crippen molar-refractivity contribution < 1.29 is 23.9 Å². The number of carbonyl (C=O) groups is 3. The van der Waals surface area contributed by atoms with Crippen LogP contribution in [0.5, 0.6) is 0 Å². The maximum absolute atomic E-state index is 12.8. The van der Waals surface area contributed by atoms with Crippen LogP contribution < -0.4 is 9.80 Å². The number of isocyanates is 1. The van der Waals surface area contributed by atoms with E-state index >= 15 is 0 Å². The number of hydrogen-bond donors (Lipinski definition) is 0. The molecule has 2 aromatic rings. The summed E-state index contributed by atoms with van der Waals surface area (Å²) < 4.78 is 5.04. The third-order valence-electron chi connectivity index (χ3n) is 4.08. The van der Waals surface area contributed by atoms with Crippen molar-refractivity contribution in [2.45, 2.75) is 6.92 Å². The Bertz CT molecular complexity index is 923. The van der Waals surface area contributed by atoms with E-state index in [0.717, 1.165) is 4.90 Å². The summed E-state index contributed by atoms with van der Waals surface area (Å²) >= 11 is 0. The molecule has 0 atom stereocenters. The third kappa shape index (κ3) is 5.60. The van der Waals surface area contributed by atoms with Crippen LogP contribution in [-0.4, -0.2) is 50.6 Å². The van der Waals surface area contributed by atoms with E-state index in [2.05, 4.69) is 4.99 Å². The minimum Gasteiger partial charge on any atom is -0.462 e. The van der Waals surface area contributed by atoms with Gasteiger partial charge in [0.1, 0.15) is 13.1 Å². The number of carbonyl (C=O) groups excluding carboxylic acids is 4. The molecule has 0 N–H and O–H groups in total. The van der Waals surface area contributed by atoms with Gasteiger partial charge < -0.3 is 14.5 Å². The second-order valence-corrected chi connectivity index (χ2v) is 5.91. The monoisotopic (exact) mass is 395 g/mol. The van der Waals surface area contributed by atoms with Gasteiger partial charge in [0, 0.05) is 12.7 Å². The van der Waals surface area contributed by atoms with Gasteiger partial charge in [0.25, 0.3) is 0 Å². The molecule has 0 fully saturated rings. The van der Waals surface area contributed by atoms with Crippen molar-refractivity contribution in [1.82, 2.24) is 0 Å². The molecule has 8 nitrogen and oxygen atoms in total. The second kappa shape index (κ2) is 10.5. The van der Waals surface area contributed by atoms with Crippen LogP contribution in [0.15, 0.2) is 59.6 Å². The highest BCUT2D eigenvalue weighted by Gasteiger charge is 2.25. The minimum atomic E-state index is -0.625. The molecule has 2 amide bonds. The van der Waals surface area contributed by atoms with Crippen LogP contribution in [0.1, 0.15) is 17.3 Å². The van der Waals surface area contributed by atoms with Crippen molar-refractivity contribution in [3.8, 4) is 0 Å². The van der Waals surface area contributed by atoms with Gasteiger partial charge in [-0.15, -0.1) is 0 Å². The van der Waals surface area contributed by atoms with Crippen LogP contribution >= 0.6 is 0 Å². The number of benzene rings is 2. The lowest BCUT2D eigenvalue weighted by Crippen LogP contribution is -2.43. The number of esters is 1. The minimum absolute atomic E-state index is 0.132. The first-order chi connectivity index (χ1) is 14.0. The van der Waals surface area contributed by atoms with Gasteiger partial charge >= 0.3 is 5.97 Å². The molecular weight excluding hydrogens is 374 g/mol. The van der Waals surface area contributed by atoms with Crippen LogP contribution in [0.3, 0.4) is 0 Å². The molecular formula is C21H21N3O5. The van der Waals surface area contributed by atoms with Gasteiger partial charge in [0.05, 0.1) is 17.9 Å². The Morgan fingerprint density at radius 3 is 2.31 bits per heavy atom. The molecule has 0 saturated heterocycles. The molecule has 0 radical (unpaired) electrons. The molecule has 2 rings (SSSR count). The average Bonchev–Trinajstić information content (AvgIpc) is 2.75. The normalized spacial score (nSPS) is 9.86. The van der Waals surface area contributed by atoms with E-state index in [1.165, 1.54) is 23.1 Å². The molecule has 0 spiro atoms. The maximum atomic E-state index is 12.8. The molecule has 0 aliphatic carbocycles. The van der Waals surface area contributed by atoms with Gasteiger partial charge in [-0.2, -0.15) is 4.99 Å². The first kappa shape index (κ1) is 21.5. The van der Waals surface area contributed by atoms with Gasteiger partial charge in [-0.1, -0.05) is 30.3 Å². The number of ether oxygens (including phenoxy) is 1. The van der Waals surface area contributed by atoms with E-state index in [1.54, 1.807) is 50.4 Å². The van der Waals surface area contributed by atoms with E-state index in [9.17, 15) is 19.2 Å². The summed E-state index contributed by atoms with van der Waals surface area (Å²) in [6.07, 6.45) is 1.31. The van der Waals surface area contributed by atoms with Crippen molar-refractivity contribution in [3.05, 3.63) is 60.2 Å². The summed E-state index contributed by atoms with van der Waals surface area (Å²) in [5, 5.41) is 0. The zero-order valence-electron chi connectivity index (χ0n) is 16.2. The number of likely N-dealkylation sites (N-methyl/N-ethyl adjacent to an activating group) is 1. The Labute approximate surface area is 168 Å². The molecule has 29 heavy (non-hydrogen) atoms. The van der Waals surface area contributed by atoms with E-state index < -0.39 is 24.3 Å². The topological polar surface area (TPSA) is 96.3 Å². The molecule has 2 aromatic carbocycles. The summed E-state index contributed by atoms with van der Waals surface area (Å²) in [6, 6.07) is 15.2. The van der Waals surface area contributed by atoms with Crippen LogP contribution in [0.2, 0.25) is 0 Å². The molecule has 0 aliphatic rings. The van der Waals surface area contributed by atoms with Crippen molar-refractivity contribution in [1.29, 1.82) is 0 Å². The predicted octanol–water partition coefficient (Wildman–Crippen LogP) is 2.20. The van der Waals surface area contributed by atoms with Crippen LogP contribution in [-0.2, 0) is 19.1 Å². The molecule has 8 heteroatoms. The fourth-order valence-corrected chi connectivity index (χ4v) is 2.62. The number of aliphatic imine (C=N–C) groups is 1. The summed E-state index contributed by atoms with van der Waals surface area (Å²) in [4.78, 5) is 54.0. The van der Waals surface area contributed by atoms with E-state index in [0.29, 0.717) is 5.69 Å². The Kier molecular flexibility index (Phi) is 7.82. The highest BCUT2D eigenvalue weighted by atomic mass is 16.5. The lowest BCUT2D eigenvalue weighted by Gasteiger charge is -2.26. The molecule has 0 aromatic heterocycles. The number of amides is 2. The first-order valence-electron chi connectivity index (χ1n) is 8.91. The third-order valence-corrected chi connectivity index (χ3v) is 4.08. The Morgan fingerprint density at radius 2 is 1.66 bits per heavy atom. The van der Waals surface area contributed by atoms with Crippen molar-refractivity contribution in [2.24, 2.45) is 4.99 Å². The average molecular weight is 395 g/mol. The molecule has 0 heterocycles. The zero-order valence-corrected chi connectivity index (χ0v) is 16.2. The molecule has 0 saturated carbocycles. The van der Waals surface area contributed by atoms with Gasteiger partial charge in [-0.05, 0) is 31.2 Å². The van der Waals surface area contributed by atoms with Crippen LogP contribution in [0, 0.1) is 0 Å². The molecule has 0 aliphatic heterocycles. The summed E-state index contributed by atoms with van der Waals surface area (Å²) in [5.41, 5.74) is 0.981. The number of nitrogens with zero attached hydrogens (tertiary/aromatic N) is 3. The molecule has 0 unspecified atom stereocenters. The highest BCUT2D eigenvalue weighted by molar-refractivity contribution is 6.08. The summed E-state index contributed by atoms with van der Waals surface area (Å²) in [5.74, 6) is -1.64. The summed E-state index contributed by atoms with van der Waals surface area (Å²) in [6.45, 7) is 0.977. The maximum Gasteiger partial charge on any atom is 0.340 e. The van der Waals surface area contributed by atoms with Gasteiger partial charge in [0.2, 0.25) is 17.9 Å². The van der Waals surface area contributed by atoms with E-state index in [-0.39, 0.29) is 24.4 Å². The van der Waals surface area contributed by atoms with Crippen molar-refractivity contribution in [3.63, 3.8) is 0 Å². The predicted molar refractivity (Wildman–Crippen MR) is 108 cm³/mol. The standard InChI is InChI=1S/C21H21N3O5/c1-3-29-21(28)17-11-7-8-12-18(17)24(19(26)13-22-15-25)14-20(27)23(2)16-9-5-4-6-10-16/h4-12H,3,13-14H2,1-2H3. The molecule has 150 valence electrons. The Balaban J connectivity index is 2.38. The highest BCUT2D eigenvalue weighted by Crippen LogP contribution is 2.22. The van der Waals surface area contributed by atoms with Crippen molar-refractivity contribution >= 4 is 35.2 Å². The van der Waals surface area contributed by atoms with Crippen LogP contribution in [0.25, 0.3) is 0 Å². The van der Waals surface area contributed by atoms with E-state index in [1.807, 2.05) is 6.07 Å². The zero-order chi connectivity index (χ0) is 21.2. The Hall–Kier alpha value is -3.77. The SMILES string of the molecule is CCOC(=O)c1ccccc1N(CC(=O)N(C)c1ccccc1)C(=O)CN=C=O. The largest absolute Gasteiger partial charge is 0.462 e. The summed E-state index contributed by atoms with van der Waals surface area (Å²) in [7, 11) is 1.58. The van der Waals surface area contributed by atoms with Gasteiger partial charge in [-0.25, -0.2) is 9.59 Å². The van der Waals surface area contributed by atoms with Crippen molar-refractivity contribution in [2.75, 3.05) is 36.5 Å². The lowest BCUT2D eigenvalue weighted by atomic mass is 10.1. The van der Waals surface area contributed by atoms with Gasteiger partial charge in [-0.3, -0.25) is 9.59 Å². The van der Waals surface area contributed by atoms with Gasteiger partial charge in [0.15, 0.2) is 0 Å². The quantitative estimate of drug-likeness (QED) is 0.388. The second-order valence-electron chi connectivity index (χ2n) is 5.91. The number of para-hydroxylation sites is 2. The smallest absolute Gasteiger partial charge is 0.340 e. The fourth-order valence-electron chi connectivity index (χ4n) is 2.62. The van der Waals surface area contributed by atoms with E-state index in [4.69, 9.17) is 4.74 Å². The lowest BCUT2D eigenvalue weighted by molar-refractivity contribution is -0.121. The number of anilines is 2.